The molecule has 1 heterocycles. The van der Waals surface area contributed by atoms with Crippen LogP contribution in [-0.2, 0) is 10.0 Å². The lowest BCUT2D eigenvalue weighted by Crippen LogP contribution is -2.41. The van der Waals surface area contributed by atoms with Crippen LogP contribution < -0.4 is 5.32 Å². The van der Waals surface area contributed by atoms with Crippen molar-refractivity contribution in [2.24, 2.45) is 0 Å². The Kier molecular flexibility index (Phi) is 6.38. The van der Waals surface area contributed by atoms with E-state index in [1.807, 2.05) is 13.8 Å². The summed E-state index contributed by atoms with van der Waals surface area (Å²) in [5, 5.41) is 12.0. The largest absolute Gasteiger partial charge is 0.395 e. The molecule has 0 aliphatic rings. The highest BCUT2D eigenvalue weighted by atomic mass is 32.2. The quantitative estimate of drug-likeness (QED) is 0.756. The van der Waals surface area contributed by atoms with Crippen LogP contribution in [0.5, 0.6) is 0 Å². The van der Waals surface area contributed by atoms with Crippen LogP contribution in [0.25, 0.3) is 0 Å². The first-order chi connectivity index (χ1) is 9.52. The fourth-order valence-corrected chi connectivity index (χ4v) is 4.12. The van der Waals surface area contributed by atoms with Gasteiger partial charge in [0.25, 0.3) is 0 Å². The van der Waals surface area contributed by atoms with Gasteiger partial charge in [0.15, 0.2) is 0 Å². The fraction of sp³-hybridized carbons (Fsp3) is 0.615. The first kappa shape index (κ1) is 16.9. The smallest absolute Gasteiger partial charge is 0.246 e. The molecule has 20 heavy (non-hydrogen) atoms. The average Bonchev–Trinajstić information content (AvgIpc) is 2.47. The van der Waals surface area contributed by atoms with Crippen LogP contribution in [0.4, 0.5) is 5.69 Å². The van der Waals surface area contributed by atoms with Crippen LogP contribution in [0.3, 0.4) is 0 Å². The third-order valence-electron chi connectivity index (χ3n) is 3.31. The summed E-state index contributed by atoms with van der Waals surface area (Å²) in [5.74, 6) is 0. The van der Waals surface area contributed by atoms with E-state index in [2.05, 4.69) is 10.3 Å². The molecule has 0 saturated carbocycles. The fourth-order valence-electron chi connectivity index (χ4n) is 2.21. The number of aliphatic hydroxyl groups excluding tert-OH is 1. The molecule has 1 rings (SSSR count). The summed E-state index contributed by atoms with van der Waals surface area (Å²) in [6, 6.07) is 1.49. The summed E-state index contributed by atoms with van der Waals surface area (Å²) < 4.78 is 27.0. The predicted octanol–water partition coefficient (Wildman–Crippen LogP) is 1.29. The van der Waals surface area contributed by atoms with Crippen molar-refractivity contribution < 1.29 is 13.5 Å². The van der Waals surface area contributed by atoms with Gasteiger partial charge in [0, 0.05) is 32.0 Å². The topological polar surface area (TPSA) is 82.5 Å². The summed E-state index contributed by atoms with van der Waals surface area (Å²) in [5.41, 5.74) is 0.508. The Morgan fingerprint density at radius 3 is 2.55 bits per heavy atom. The summed E-state index contributed by atoms with van der Waals surface area (Å²) >= 11 is 0. The zero-order chi connectivity index (χ0) is 15.2. The van der Waals surface area contributed by atoms with Crippen molar-refractivity contribution in [3.63, 3.8) is 0 Å². The number of hydrogen-bond acceptors (Lipinski definition) is 5. The van der Waals surface area contributed by atoms with Crippen molar-refractivity contribution in [2.45, 2.75) is 37.6 Å². The number of nitrogens with one attached hydrogen (secondary N) is 1. The average molecular weight is 301 g/mol. The third-order valence-corrected chi connectivity index (χ3v) is 5.29. The van der Waals surface area contributed by atoms with Gasteiger partial charge in [-0.3, -0.25) is 4.98 Å². The summed E-state index contributed by atoms with van der Waals surface area (Å²) in [6.07, 6.45) is 4.28. The Hall–Kier alpha value is -1.18. The van der Waals surface area contributed by atoms with Gasteiger partial charge < -0.3 is 10.4 Å². The Bertz CT molecular complexity index is 515. The molecule has 0 amide bonds. The summed E-state index contributed by atoms with van der Waals surface area (Å²) in [7, 11) is -2.01. The van der Waals surface area contributed by atoms with E-state index in [9.17, 15) is 13.5 Å². The van der Waals surface area contributed by atoms with Crippen molar-refractivity contribution in [1.29, 1.82) is 0 Å². The molecule has 0 spiro atoms. The Balaban J connectivity index is 3.29. The van der Waals surface area contributed by atoms with E-state index < -0.39 is 10.0 Å². The van der Waals surface area contributed by atoms with Gasteiger partial charge in [-0.25, -0.2) is 8.42 Å². The minimum atomic E-state index is -3.68. The van der Waals surface area contributed by atoms with Crippen LogP contribution in [-0.4, -0.2) is 49.1 Å². The van der Waals surface area contributed by atoms with E-state index in [0.717, 1.165) is 0 Å². The van der Waals surface area contributed by atoms with Gasteiger partial charge in [-0.1, -0.05) is 13.8 Å². The summed E-state index contributed by atoms with van der Waals surface area (Å²) in [6.45, 7) is 3.77. The second kappa shape index (κ2) is 7.56. The maximum absolute atomic E-state index is 12.8. The monoisotopic (exact) mass is 301 g/mol. The van der Waals surface area contributed by atoms with Gasteiger partial charge in [0.1, 0.15) is 4.90 Å². The van der Waals surface area contributed by atoms with E-state index in [1.54, 1.807) is 19.3 Å². The minimum Gasteiger partial charge on any atom is -0.395 e. The Morgan fingerprint density at radius 2 is 2.05 bits per heavy atom. The molecule has 1 aromatic heterocycles. The van der Waals surface area contributed by atoms with Crippen LogP contribution in [0.2, 0.25) is 0 Å². The minimum absolute atomic E-state index is 0.0900. The van der Waals surface area contributed by atoms with Gasteiger partial charge in [0.2, 0.25) is 10.0 Å². The molecule has 6 nitrogen and oxygen atoms in total. The molecule has 0 fully saturated rings. The van der Waals surface area contributed by atoms with E-state index in [4.69, 9.17) is 0 Å². The predicted molar refractivity (Wildman–Crippen MR) is 79.1 cm³/mol. The van der Waals surface area contributed by atoms with Crippen LogP contribution >= 0.6 is 0 Å². The van der Waals surface area contributed by atoms with Gasteiger partial charge in [-0.2, -0.15) is 4.31 Å². The van der Waals surface area contributed by atoms with Crippen molar-refractivity contribution in [1.82, 2.24) is 9.29 Å². The van der Waals surface area contributed by atoms with Crippen molar-refractivity contribution in [3.05, 3.63) is 18.5 Å². The molecule has 1 aromatic rings. The number of sulfonamides is 1. The number of aromatic nitrogens is 1. The number of anilines is 1. The normalized spacial score (nSPS) is 12.1. The first-order valence-corrected chi connectivity index (χ1v) is 8.21. The molecule has 0 saturated heterocycles. The lowest BCUT2D eigenvalue weighted by Gasteiger charge is -2.29. The SMILES string of the molecule is CCC(CC)N(CCO)S(=O)(=O)c1cnccc1NC. The maximum atomic E-state index is 12.8. The molecule has 0 unspecified atom stereocenters. The van der Waals surface area contributed by atoms with Gasteiger partial charge in [-0.05, 0) is 18.9 Å². The first-order valence-electron chi connectivity index (χ1n) is 6.77. The van der Waals surface area contributed by atoms with Crippen LogP contribution in [0, 0.1) is 0 Å². The zero-order valence-corrected chi connectivity index (χ0v) is 13.0. The molecule has 0 atom stereocenters. The van der Waals surface area contributed by atoms with Crippen molar-refractivity contribution in [2.75, 3.05) is 25.5 Å². The van der Waals surface area contributed by atoms with Crippen molar-refractivity contribution >= 4 is 15.7 Å². The Morgan fingerprint density at radius 1 is 1.40 bits per heavy atom. The molecule has 114 valence electrons. The lowest BCUT2D eigenvalue weighted by molar-refractivity contribution is 0.219. The highest BCUT2D eigenvalue weighted by Crippen LogP contribution is 2.26. The van der Waals surface area contributed by atoms with E-state index in [0.29, 0.717) is 18.5 Å². The molecule has 0 bridgehead atoms. The molecule has 0 aliphatic carbocycles. The number of nitrogens with zero attached hydrogens (tertiary/aromatic N) is 2. The highest BCUT2D eigenvalue weighted by Gasteiger charge is 2.31. The van der Waals surface area contributed by atoms with Crippen LogP contribution in [0.15, 0.2) is 23.4 Å². The van der Waals surface area contributed by atoms with Gasteiger partial charge in [0.05, 0.1) is 12.3 Å². The highest BCUT2D eigenvalue weighted by molar-refractivity contribution is 7.89. The number of hydrogen-bond donors (Lipinski definition) is 2. The molecular weight excluding hydrogens is 278 g/mol. The molecule has 0 aromatic carbocycles. The third kappa shape index (κ3) is 3.47. The zero-order valence-electron chi connectivity index (χ0n) is 12.2. The second-order valence-electron chi connectivity index (χ2n) is 4.43. The molecule has 0 radical (unpaired) electrons. The number of pyridine rings is 1. The summed E-state index contributed by atoms with van der Waals surface area (Å²) in [4.78, 5) is 4.05. The molecule has 7 heteroatoms. The van der Waals surface area contributed by atoms with E-state index in [-0.39, 0.29) is 24.1 Å². The van der Waals surface area contributed by atoms with Gasteiger partial charge >= 0.3 is 0 Å². The second-order valence-corrected chi connectivity index (χ2v) is 6.29. The lowest BCUT2D eigenvalue weighted by atomic mass is 10.2. The van der Waals surface area contributed by atoms with Crippen LogP contribution in [0.1, 0.15) is 26.7 Å². The standard InChI is InChI=1S/C13H23N3O3S/c1-4-11(5-2)16(8-9-17)20(18,19)13-10-15-7-6-12(13)14-3/h6-7,10-11,17H,4-5,8-9H2,1-3H3,(H,14,15). The molecular formula is C13H23N3O3S. The molecule has 2 N–H and O–H groups in total. The maximum Gasteiger partial charge on any atom is 0.246 e. The van der Waals surface area contributed by atoms with E-state index in [1.165, 1.54) is 10.5 Å². The van der Waals surface area contributed by atoms with Crippen molar-refractivity contribution in [3.8, 4) is 0 Å². The Labute approximate surface area is 120 Å². The number of aliphatic hydroxyl groups is 1. The van der Waals surface area contributed by atoms with Gasteiger partial charge in [-0.15, -0.1) is 0 Å². The number of rotatable bonds is 8. The molecule has 0 aliphatic heterocycles. The van der Waals surface area contributed by atoms with E-state index >= 15 is 0 Å².